The van der Waals surface area contributed by atoms with E-state index in [1.165, 1.54) is 17.3 Å². The quantitative estimate of drug-likeness (QED) is 0.436. The summed E-state index contributed by atoms with van der Waals surface area (Å²) in [4.78, 5) is 18.9. The van der Waals surface area contributed by atoms with E-state index in [4.69, 9.17) is 4.74 Å². The van der Waals surface area contributed by atoms with Crippen molar-refractivity contribution in [2.45, 2.75) is 18.2 Å². The van der Waals surface area contributed by atoms with E-state index in [1.54, 1.807) is 4.90 Å². The van der Waals surface area contributed by atoms with Crippen LogP contribution in [0.4, 0.5) is 11.6 Å². The van der Waals surface area contributed by atoms with Gasteiger partial charge in [-0.25, -0.2) is 0 Å². The summed E-state index contributed by atoms with van der Waals surface area (Å²) < 4.78 is 7.61. The molecule has 0 saturated carbocycles. The molecule has 8 nitrogen and oxygen atoms in total. The second kappa shape index (κ2) is 11.4. The van der Waals surface area contributed by atoms with Gasteiger partial charge in [0.1, 0.15) is 0 Å². The molecule has 0 N–H and O–H groups in total. The first-order chi connectivity index (χ1) is 16.5. The zero-order chi connectivity index (χ0) is 23.9. The first-order valence-electron chi connectivity index (χ1n) is 11.4. The van der Waals surface area contributed by atoms with E-state index in [0.717, 1.165) is 35.4 Å². The first-order valence-corrected chi connectivity index (χ1v) is 12.4. The van der Waals surface area contributed by atoms with Gasteiger partial charge in [0.25, 0.3) is 0 Å². The minimum atomic E-state index is 0.0591. The molecule has 0 aliphatic carbocycles. The molecule has 0 bridgehead atoms. The molecule has 9 heteroatoms. The zero-order valence-corrected chi connectivity index (χ0v) is 20.9. The van der Waals surface area contributed by atoms with Crippen LogP contribution in [0, 0.1) is 0 Å². The third-order valence-corrected chi connectivity index (χ3v) is 6.75. The minimum Gasteiger partial charge on any atom is -0.378 e. The van der Waals surface area contributed by atoms with Crippen molar-refractivity contribution in [2.75, 3.05) is 63.0 Å². The Hall–Kier alpha value is -3.04. The van der Waals surface area contributed by atoms with Gasteiger partial charge in [-0.3, -0.25) is 9.36 Å². The van der Waals surface area contributed by atoms with Gasteiger partial charge in [-0.05, 0) is 23.3 Å². The maximum Gasteiger partial charge on any atom is 0.233 e. The fourth-order valence-electron chi connectivity index (χ4n) is 3.79. The fraction of sp³-hybridized carbons (Fsp3) is 0.400. The maximum atomic E-state index is 12.9. The second-order valence-corrected chi connectivity index (χ2v) is 9.50. The lowest BCUT2D eigenvalue weighted by Gasteiger charge is -2.28. The predicted molar refractivity (Wildman–Crippen MR) is 137 cm³/mol. The molecule has 0 radical (unpaired) electrons. The van der Waals surface area contributed by atoms with Crippen molar-refractivity contribution in [1.29, 1.82) is 0 Å². The van der Waals surface area contributed by atoms with Crippen LogP contribution >= 0.6 is 11.8 Å². The summed E-state index contributed by atoms with van der Waals surface area (Å²) >= 11 is 1.44. The van der Waals surface area contributed by atoms with Gasteiger partial charge in [-0.1, -0.05) is 54.2 Å². The van der Waals surface area contributed by atoms with Crippen LogP contribution in [0.5, 0.6) is 0 Å². The molecule has 1 aromatic heterocycles. The highest BCUT2D eigenvalue weighted by Crippen LogP contribution is 2.25. The number of amides is 1. The number of rotatable bonds is 9. The van der Waals surface area contributed by atoms with Crippen molar-refractivity contribution >= 4 is 29.3 Å². The molecule has 180 valence electrons. The van der Waals surface area contributed by atoms with E-state index in [2.05, 4.69) is 61.0 Å². The summed E-state index contributed by atoms with van der Waals surface area (Å²) in [7, 11) is 5.88. The molecule has 1 aliphatic rings. The summed E-state index contributed by atoms with van der Waals surface area (Å²) in [6.45, 7) is 4.16. The third kappa shape index (κ3) is 6.09. The van der Waals surface area contributed by atoms with E-state index in [9.17, 15) is 4.79 Å². The Bertz CT molecular complexity index is 1060. The average molecular weight is 481 g/mol. The Kier molecular flexibility index (Phi) is 8.08. The molecule has 2 heterocycles. The fourth-order valence-corrected chi connectivity index (χ4v) is 4.66. The van der Waals surface area contributed by atoms with E-state index < -0.39 is 0 Å². The Morgan fingerprint density at radius 2 is 1.68 bits per heavy atom. The topological polar surface area (TPSA) is 66.7 Å². The van der Waals surface area contributed by atoms with Crippen LogP contribution in [-0.2, 0) is 22.6 Å². The molecular formula is C25H32N6O2S. The average Bonchev–Trinajstić information content (AvgIpc) is 3.26. The van der Waals surface area contributed by atoms with Crippen molar-refractivity contribution in [3.63, 3.8) is 0 Å². The van der Waals surface area contributed by atoms with Gasteiger partial charge in [-0.15, -0.1) is 10.2 Å². The molecule has 0 unspecified atom stereocenters. The standard InChI is InChI=1S/C25H32N6O2S/c1-28(2)22-11-9-21(10-12-22)17-29(3)23(32)19-34-25-27-26-24(30-13-15-33-16-14-30)31(25)18-20-7-5-4-6-8-20/h4-12H,13-19H2,1-3H3. The molecule has 2 aromatic carbocycles. The molecule has 1 aliphatic heterocycles. The molecule has 1 amide bonds. The van der Waals surface area contributed by atoms with E-state index in [0.29, 0.717) is 32.1 Å². The zero-order valence-electron chi connectivity index (χ0n) is 20.1. The lowest BCUT2D eigenvalue weighted by atomic mass is 10.2. The van der Waals surface area contributed by atoms with Crippen LogP contribution in [0.2, 0.25) is 0 Å². The molecule has 3 aromatic rings. The van der Waals surface area contributed by atoms with Gasteiger partial charge in [0.05, 0.1) is 25.5 Å². The monoisotopic (exact) mass is 480 g/mol. The van der Waals surface area contributed by atoms with Crippen molar-refractivity contribution in [3.8, 4) is 0 Å². The van der Waals surface area contributed by atoms with Gasteiger partial charge >= 0.3 is 0 Å². The molecule has 0 atom stereocenters. The minimum absolute atomic E-state index is 0.0591. The van der Waals surface area contributed by atoms with Gasteiger partial charge < -0.3 is 19.4 Å². The van der Waals surface area contributed by atoms with Crippen LogP contribution in [0.25, 0.3) is 0 Å². The maximum absolute atomic E-state index is 12.9. The number of morpholine rings is 1. The van der Waals surface area contributed by atoms with Crippen LogP contribution < -0.4 is 9.80 Å². The van der Waals surface area contributed by atoms with Gasteiger partial charge in [0.15, 0.2) is 5.16 Å². The Labute approximate surface area is 205 Å². The number of benzene rings is 2. The summed E-state index contributed by atoms with van der Waals surface area (Å²) in [6.07, 6.45) is 0. The predicted octanol–water partition coefficient (Wildman–Crippen LogP) is 2.98. The first kappa shape index (κ1) is 24.1. The molecule has 1 fully saturated rings. The van der Waals surface area contributed by atoms with Crippen molar-refractivity contribution in [2.24, 2.45) is 0 Å². The molecule has 4 rings (SSSR count). The number of aromatic nitrogens is 3. The smallest absolute Gasteiger partial charge is 0.233 e. The largest absolute Gasteiger partial charge is 0.378 e. The number of ether oxygens (including phenoxy) is 1. The number of nitrogens with zero attached hydrogens (tertiary/aromatic N) is 6. The summed E-state index contributed by atoms with van der Waals surface area (Å²) in [5.74, 6) is 1.20. The highest BCUT2D eigenvalue weighted by molar-refractivity contribution is 7.99. The second-order valence-electron chi connectivity index (χ2n) is 8.55. The molecule has 34 heavy (non-hydrogen) atoms. The number of thioether (sulfide) groups is 1. The van der Waals surface area contributed by atoms with Gasteiger partial charge in [0, 0.05) is 46.5 Å². The van der Waals surface area contributed by atoms with Crippen molar-refractivity contribution in [1.82, 2.24) is 19.7 Å². The number of carbonyl (C=O) groups excluding carboxylic acids is 1. The number of anilines is 2. The highest BCUT2D eigenvalue weighted by atomic mass is 32.2. The lowest BCUT2D eigenvalue weighted by molar-refractivity contribution is -0.127. The molecule has 1 saturated heterocycles. The molecule has 0 spiro atoms. The van der Waals surface area contributed by atoms with E-state index in [-0.39, 0.29) is 5.91 Å². The number of carbonyl (C=O) groups is 1. The SMILES string of the molecule is CN(Cc1ccc(N(C)C)cc1)C(=O)CSc1nnc(N2CCOCC2)n1Cc1ccccc1. The number of hydrogen-bond donors (Lipinski definition) is 0. The Balaban J connectivity index is 1.42. The normalized spacial score (nSPS) is 13.7. The van der Waals surface area contributed by atoms with Crippen LogP contribution in [0.1, 0.15) is 11.1 Å². The number of hydrogen-bond acceptors (Lipinski definition) is 7. The highest BCUT2D eigenvalue weighted by Gasteiger charge is 2.22. The van der Waals surface area contributed by atoms with Crippen molar-refractivity contribution in [3.05, 3.63) is 65.7 Å². The van der Waals surface area contributed by atoms with Crippen LogP contribution in [0.15, 0.2) is 59.8 Å². The lowest BCUT2D eigenvalue weighted by Crippen LogP contribution is -2.38. The van der Waals surface area contributed by atoms with E-state index >= 15 is 0 Å². The Morgan fingerprint density at radius 1 is 0.971 bits per heavy atom. The van der Waals surface area contributed by atoms with E-state index in [1.807, 2.05) is 39.3 Å². The summed E-state index contributed by atoms with van der Waals surface area (Å²) in [5, 5.41) is 9.68. The van der Waals surface area contributed by atoms with Crippen LogP contribution in [-0.4, -0.2) is 78.8 Å². The Morgan fingerprint density at radius 3 is 2.35 bits per heavy atom. The third-order valence-electron chi connectivity index (χ3n) is 5.80. The van der Waals surface area contributed by atoms with Gasteiger partial charge in [0.2, 0.25) is 11.9 Å². The van der Waals surface area contributed by atoms with Crippen LogP contribution in [0.3, 0.4) is 0 Å². The summed E-state index contributed by atoms with van der Waals surface area (Å²) in [6, 6.07) is 18.5. The van der Waals surface area contributed by atoms with Gasteiger partial charge in [-0.2, -0.15) is 0 Å². The summed E-state index contributed by atoms with van der Waals surface area (Å²) in [5.41, 5.74) is 3.42. The molecular weight excluding hydrogens is 448 g/mol. The van der Waals surface area contributed by atoms with Crippen molar-refractivity contribution < 1.29 is 9.53 Å².